The molecular weight excluding hydrogens is 461 g/mol. The number of imidazole rings is 1. The normalized spacial score (nSPS) is 17.9. The van der Waals surface area contributed by atoms with Crippen molar-refractivity contribution in [3.05, 3.63) is 53.6 Å². The van der Waals surface area contributed by atoms with E-state index in [1.165, 1.54) is 37.1 Å². The highest BCUT2D eigenvalue weighted by Gasteiger charge is 2.31. The molecule has 178 valence electrons. The molecule has 1 aliphatic heterocycles. The molecule has 1 aromatic heterocycles. The molecule has 0 saturated heterocycles. The quantitative estimate of drug-likeness (QED) is 0.412. The van der Waals surface area contributed by atoms with Gasteiger partial charge in [-0.15, -0.1) is 0 Å². The molecule has 5 rings (SSSR count). The molecule has 3 aromatic rings. The summed E-state index contributed by atoms with van der Waals surface area (Å²) in [6.07, 6.45) is 1.54. The van der Waals surface area contributed by atoms with Gasteiger partial charge in [-0.1, -0.05) is 49.2 Å². The van der Waals surface area contributed by atoms with Crippen molar-refractivity contribution in [2.45, 2.75) is 38.3 Å². The molecule has 2 aliphatic rings. The lowest BCUT2D eigenvalue weighted by atomic mass is 9.89. The first-order valence-electron chi connectivity index (χ1n) is 11.5. The zero-order valence-electron chi connectivity index (χ0n) is 18.8. The molecule has 0 bridgehead atoms. The Bertz CT molecular complexity index is 1260. The average Bonchev–Trinajstić information content (AvgIpc) is 3.16. The van der Waals surface area contributed by atoms with Crippen LogP contribution >= 0.6 is 11.8 Å². The van der Waals surface area contributed by atoms with Crippen LogP contribution in [0.3, 0.4) is 0 Å². The fourth-order valence-corrected chi connectivity index (χ4v) is 5.51. The van der Waals surface area contributed by atoms with Gasteiger partial charge in [-0.05, 0) is 43.0 Å². The minimum atomic E-state index is -4.41. The number of hydrogen-bond donors (Lipinski definition) is 0. The Morgan fingerprint density at radius 2 is 1.85 bits per heavy atom. The van der Waals surface area contributed by atoms with Crippen molar-refractivity contribution in [1.29, 1.82) is 0 Å². The van der Waals surface area contributed by atoms with Crippen molar-refractivity contribution >= 4 is 33.7 Å². The van der Waals surface area contributed by atoms with E-state index in [4.69, 9.17) is 0 Å². The summed E-state index contributed by atoms with van der Waals surface area (Å²) in [5.41, 5.74) is 2.88. The third-order valence-electron chi connectivity index (χ3n) is 6.60. The number of alkyl halides is 3. The second kappa shape index (κ2) is 9.09. The van der Waals surface area contributed by atoms with Crippen molar-refractivity contribution < 1.29 is 18.0 Å². The van der Waals surface area contributed by atoms with E-state index in [1.807, 2.05) is 18.2 Å². The largest absolute Gasteiger partial charge is 0.416 e. The van der Waals surface area contributed by atoms with Gasteiger partial charge in [0.15, 0.2) is 0 Å². The maximum atomic E-state index is 13.2. The maximum absolute atomic E-state index is 13.2. The topological polar surface area (TPSA) is 50.5 Å². The van der Waals surface area contributed by atoms with Gasteiger partial charge in [0.1, 0.15) is 5.82 Å². The Kier molecular flexibility index (Phi) is 6.14. The molecule has 1 aliphatic carbocycles. The molecule has 1 amide bonds. The summed E-state index contributed by atoms with van der Waals surface area (Å²) in [6, 6.07) is 11.0. The highest BCUT2D eigenvalue weighted by molar-refractivity contribution is 8.14. The van der Waals surface area contributed by atoms with E-state index in [1.54, 1.807) is 22.7 Å². The Labute approximate surface area is 200 Å². The number of amides is 1. The number of carbonyl (C=O) groups excluding carboxylic acids is 1. The first-order valence-corrected chi connectivity index (χ1v) is 12.4. The molecule has 0 unspecified atom stereocenters. The van der Waals surface area contributed by atoms with E-state index in [-0.39, 0.29) is 5.24 Å². The van der Waals surface area contributed by atoms with Gasteiger partial charge in [0.05, 0.1) is 22.3 Å². The van der Waals surface area contributed by atoms with E-state index in [0.29, 0.717) is 35.1 Å². The van der Waals surface area contributed by atoms with Gasteiger partial charge in [0.2, 0.25) is 0 Å². The van der Waals surface area contributed by atoms with Crippen LogP contribution in [-0.2, 0) is 13.2 Å². The minimum absolute atomic E-state index is 0.0138. The van der Waals surface area contributed by atoms with Crippen LogP contribution in [0.5, 0.6) is 0 Å². The number of thioether (sulfide) groups is 1. The first-order chi connectivity index (χ1) is 16.3. The summed E-state index contributed by atoms with van der Waals surface area (Å²) in [5, 5.41) is 6.27. The predicted molar refractivity (Wildman–Crippen MR) is 129 cm³/mol. The van der Waals surface area contributed by atoms with Gasteiger partial charge in [-0.2, -0.15) is 18.3 Å². The highest BCUT2D eigenvalue weighted by atomic mass is 32.2. The molecular formula is C25H25F3N4OS. The Morgan fingerprint density at radius 3 is 2.62 bits per heavy atom. The van der Waals surface area contributed by atoms with Crippen LogP contribution in [-0.4, -0.2) is 37.8 Å². The zero-order valence-corrected chi connectivity index (χ0v) is 19.6. The van der Waals surface area contributed by atoms with E-state index in [2.05, 4.69) is 10.1 Å². The molecule has 2 aromatic carbocycles. The monoisotopic (exact) mass is 486 g/mol. The summed E-state index contributed by atoms with van der Waals surface area (Å²) < 4.78 is 41.3. The third-order valence-corrected chi connectivity index (χ3v) is 7.48. The van der Waals surface area contributed by atoms with Gasteiger partial charge in [-0.3, -0.25) is 4.79 Å². The molecule has 0 atom stereocenters. The van der Waals surface area contributed by atoms with E-state index >= 15 is 0 Å². The van der Waals surface area contributed by atoms with Gasteiger partial charge >= 0.3 is 11.4 Å². The van der Waals surface area contributed by atoms with E-state index in [9.17, 15) is 18.0 Å². The number of halogens is 3. The van der Waals surface area contributed by atoms with E-state index in [0.717, 1.165) is 41.8 Å². The summed E-state index contributed by atoms with van der Waals surface area (Å²) in [6.45, 7) is 0.654. The summed E-state index contributed by atoms with van der Waals surface area (Å²) in [4.78, 5) is 17.1. The lowest BCUT2D eigenvalue weighted by Crippen LogP contribution is -2.34. The van der Waals surface area contributed by atoms with Crippen molar-refractivity contribution in [1.82, 2.24) is 14.6 Å². The van der Waals surface area contributed by atoms with Gasteiger partial charge in [0, 0.05) is 30.5 Å². The number of hydrazone groups is 1. The van der Waals surface area contributed by atoms with Crippen LogP contribution in [0.4, 0.5) is 18.0 Å². The van der Waals surface area contributed by atoms with Gasteiger partial charge in [0.25, 0.3) is 0 Å². The molecule has 0 spiro atoms. The van der Waals surface area contributed by atoms with Crippen LogP contribution in [0.1, 0.15) is 43.2 Å². The Balaban J connectivity index is 1.45. The average molecular weight is 487 g/mol. The van der Waals surface area contributed by atoms with Gasteiger partial charge in [-0.25, -0.2) is 9.99 Å². The smallest absolute Gasteiger partial charge is 0.327 e. The SMILES string of the molecule is Cn1c(-c2cccc(C(F)(F)F)c2)nc2cc(C3=NN(CC4CCCCC4)C(=O)SC3)ccc21. The Hall–Kier alpha value is -2.81. The van der Waals surface area contributed by atoms with Crippen LogP contribution in [0.25, 0.3) is 22.4 Å². The lowest BCUT2D eigenvalue weighted by Gasteiger charge is -2.29. The number of aryl methyl sites for hydroxylation is 1. The molecule has 34 heavy (non-hydrogen) atoms. The first kappa shape index (κ1) is 23.0. The molecule has 5 nitrogen and oxygen atoms in total. The molecule has 2 heterocycles. The fraction of sp³-hybridized carbons (Fsp3) is 0.400. The van der Waals surface area contributed by atoms with Gasteiger partial charge < -0.3 is 4.57 Å². The number of hydrogen-bond acceptors (Lipinski definition) is 4. The number of fused-ring (bicyclic) bond motifs is 1. The molecule has 0 N–H and O–H groups in total. The van der Waals surface area contributed by atoms with Crippen molar-refractivity contribution in [2.75, 3.05) is 12.3 Å². The number of aromatic nitrogens is 2. The molecule has 9 heteroatoms. The molecule has 1 fully saturated rings. The fourth-order valence-electron chi connectivity index (χ4n) is 4.76. The number of nitrogens with zero attached hydrogens (tertiary/aromatic N) is 4. The van der Waals surface area contributed by atoms with Crippen molar-refractivity contribution in [2.24, 2.45) is 18.1 Å². The summed E-state index contributed by atoms with van der Waals surface area (Å²) in [7, 11) is 1.79. The van der Waals surface area contributed by atoms with Crippen LogP contribution in [0, 0.1) is 5.92 Å². The predicted octanol–water partition coefficient (Wildman–Crippen LogP) is 6.71. The van der Waals surface area contributed by atoms with Crippen LogP contribution < -0.4 is 0 Å². The van der Waals surface area contributed by atoms with Crippen LogP contribution in [0.15, 0.2) is 47.6 Å². The van der Waals surface area contributed by atoms with E-state index < -0.39 is 11.7 Å². The highest BCUT2D eigenvalue weighted by Crippen LogP contribution is 2.33. The van der Waals surface area contributed by atoms with Crippen LogP contribution in [0.2, 0.25) is 0 Å². The number of rotatable bonds is 4. The maximum Gasteiger partial charge on any atom is 0.416 e. The molecule has 1 saturated carbocycles. The van der Waals surface area contributed by atoms with Crippen molar-refractivity contribution in [3.63, 3.8) is 0 Å². The second-order valence-electron chi connectivity index (χ2n) is 8.96. The molecule has 0 radical (unpaired) electrons. The van der Waals surface area contributed by atoms with Crippen molar-refractivity contribution in [3.8, 4) is 11.4 Å². The summed E-state index contributed by atoms with van der Waals surface area (Å²) >= 11 is 1.26. The second-order valence-corrected chi connectivity index (χ2v) is 9.89. The third kappa shape index (κ3) is 4.58. The Morgan fingerprint density at radius 1 is 1.06 bits per heavy atom. The minimum Gasteiger partial charge on any atom is -0.327 e. The number of benzene rings is 2. The standard InChI is InChI=1S/C25H25F3N4OS/c1-31-22-11-10-17(21-15-34-24(33)32(30-21)14-16-6-3-2-4-7-16)13-20(22)29-23(31)18-8-5-9-19(12-18)25(26,27)28/h5,8-13,16H,2-4,6-7,14-15H2,1H3. The summed E-state index contributed by atoms with van der Waals surface area (Å²) in [5.74, 6) is 1.45. The lowest BCUT2D eigenvalue weighted by molar-refractivity contribution is -0.137. The number of carbonyl (C=O) groups is 1. The zero-order chi connectivity index (χ0) is 23.9.